The summed E-state index contributed by atoms with van der Waals surface area (Å²) < 4.78 is 4.72. The van der Waals surface area contributed by atoms with Crippen molar-refractivity contribution in [2.45, 2.75) is 12.8 Å². The van der Waals surface area contributed by atoms with E-state index in [1.54, 1.807) is 6.07 Å². The Balaban J connectivity index is 1.63. The summed E-state index contributed by atoms with van der Waals surface area (Å²) in [6.45, 7) is 1.48. The zero-order valence-corrected chi connectivity index (χ0v) is 11.2. The number of likely N-dealkylation sites (tertiary alicyclic amines) is 1. The molecule has 0 N–H and O–H groups in total. The molecule has 3 rings (SSSR count). The zero-order valence-electron chi connectivity index (χ0n) is 11.2. The Bertz CT molecular complexity index is 593. The van der Waals surface area contributed by atoms with Gasteiger partial charge in [0.05, 0.1) is 0 Å². The van der Waals surface area contributed by atoms with Crippen molar-refractivity contribution in [1.29, 1.82) is 0 Å². The van der Waals surface area contributed by atoms with Gasteiger partial charge in [-0.15, -0.1) is 0 Å². The minimum Gasteiger partial charge on any atom is -0.364 e. The first kappa shape index (κ1) is 12.7. The molecule has 1 fully saturated rings. The van der Waals surface area contributed by atoms with E-state index in [4.69, 9.17) is 4.52 Å². The van der Waals surface area contributed by atoms with Crippen LogP contribution in [0.25, 0.3) is 6.08 Å². The lowest BCUT2D eigenvalue weighted by Crippen LogP contribution is -2.36. The average molecular weight is 268 g/mol. The van der Waals surface area contributed by atoms with Gasteiger partial charge in [-0.3, -0.25) is 4.79 Å². The van der Waals surface area contributed by atoms with Gasteiger partial charge < -0.3 is 9.42 Å². The molecule has 0 unspecified atom stereocenters. The van der Waals surface area contributed by atoms with Gasteiger partial charge in [-0.05, 0) is 18.4 Å². The summed E-state index contributed by atoms with van der Waals surface area (Å²) in [6.07, 6.45) is 5.48. The van der Waals surface area contributed by atoms with Gasteiger partial charge in [0.2, 0.25) is 0 Å². The van der Waals surface area contributed by atoms with Crippen LogP contribution < -0.4 is 0 Å². The van der Waals surface area contributed by atoms with Crippen molar-refractivity contribution in [1.82, 2.24) is 10.1 Å². The molecule has 1 aromatic carbocycles. The van der Waals surface area contributed by atoms with Crippen molar-refractivity contribution in [3.63, 3.8) is 0 Å². The lowest BCUT2D eigenvalue weighted by molar-refractivity contribution is 0.0733. The summed E-state index contributed by atoms with van der Waals surface area (Å²) in [4.78, 5) is 13.9. The van der Waals surface area contributed by atoms with E-state index in [-0.39, 0.29) is 5.91 Å². The van der Waals surface area contributed by atoms with Crippen LogP contribution in [0.1, 0.15) is 28.9 Å². The molecule has 0 bridgehead atoms. The van der Waals surface area contributed by atoms with Crippen LogP contribution in [0.5, 0.6) is 0 Å². The molecule has 0 atom stereocenters. The van der Waals surface area contributed by atoms with Gasteiger partial charge in [-0.2, -0.15) is 0 Å². The van der Waals surface area contributed by atoms with Gasteiger partial charge in [0.25, 0.3) is 5.91 Å². The van der Waals surface area contributed by atoms with Gasteiger partial charge in [0.15, 0.2) is 5.69 Å². The Morgan fingerprint density at radius 2 is 1.90 bits per heavy atom. The summed E-state index contributed by atoms with van der Waals surface area (Å²) in [7, 11) is 0. The molecule has 2 heterocycles. The predicted molar refractivity (Wildman–Crippen MR) is 76.1 cm³/mol. The second kappa shape index (κ2) is 5.74. The summed E-state index contributed by atoms with van der Waals surface area (Å²) in [5, 5.41) is 3.70. The molecule has 0 radical (unpaired) electrons. The summed E-state index contributed by atoms with van der Waals surface area (Å²) in [5.74, 6) is -0.0440. The number of carbonyl (C=O) groups is 1. The van der Waals surface area contributed by atoms with Gasteiger partial charge in [0, 0.05) is 19.2 Å². The van der Waals surface area contributed by atoms with Crippen molar-refractivity contribution < 1.29 is 9.32 Å². The van der Waals surface area contributed by atoms with Crippen molar-refractivity contribution in [3.05, 3.63) is 59.5 Å². The fraction of sp³-hybridized carbons (Fsp3) is 0.250. The van der Waals surface area contributed by atoms with E-state index in [9.17, 15) is 4.79 Å². The fourth-order valence-electron chi connectivity index (χ4n) is 2.41. The largest absolute Gasteiger partial charge is 0.364 e. The predicted octanol–water partition coefficient (Wildman–Crippen LogP) is 2.99. The number of rotatable bonds is 2. The Labute approximate surface area is 117 Å². The van der Waals surface area contributed by atoms with Gasteiger partial charge in [-0.25, -0.2) is 0 Å². The second-order valence-corrected chi connectivity index (χ2v) is 4.89. The maximum Gasteiger partial charge on any atom is 0.276 e. The molecule has 1 aromatic heterocycles. The van der Waals surface area contributed by atoms with Crippen LogP contribution in [0.4, 0.5) is 0 Å². The number of hydrogen-bond donors (Lipinski definition) is 0. The van der Waals surface area contributed by atoms with Gasteiger partial charge in [-0.1, -0.05) is 47.1 Å². The van der Waals surface area contributed by atoms with E-state index in [1.165, 1.54) is 17.4 Å². The van der Waals surface area contributed by atoms with Crippen molar-refractivity contribution in [2.75, 3.05) is 13.1 Å². The molecule has 102 valence electrons. The molecule has 4 heteroatoms. The lowest BCUT2D eigenvalue weighted by Gasteiger charge is -2.27. The smallest absolute Gasteiger partial charge is 0.276 e. The summed E-state index contributed by atoms with van der Waals surface area (Å²) >= 11 is 0. The third-order valence-electron chi connectivity index (χ3n) is 3.52. The third-order valence-corrected chi connectivity index (χ3v) is 3.52. The van der Waals surface area contributed by atoms with E-state index in [0.29, 0.717) is 5.69 Å². The minimum absolute atomic E-state index is 0.0440. The first-order valence-corrected chi connectivity index (χ1v) is 6.77. The molecular formula is C16H16N2O2. The van der Waals surface area contributed by atoms with Crippen LogP contribution in [0, 0.1) is 0 Å². The minimum atomic E-state index is -0.0440. The van der Waals surface area contributed by atoms with Gasteiger partial charge in [0.1, 0.15) is 6.26 Å². The number of nitrogens with zero attached hydrogens (tertiary/aromatic N) is 2. The zero-order chi connectivity index (χ0) is 13.8. The van der Waals surface area contributed by atoms with Crippen LogP contribution in [-0.2, 0) is 0 Å². The number of benzene rings is 1. The van der Waals surface area contributed by atoms with Crippen LogP contribution in [0.2, 0.25) is 0 Å². The van der Waals surface area contributed by atoms with E-state index in [2.05, 4.69) is 23.4 Å². The monoisotopic (exact) mass is 268 g/mol. The standard InChI is InChI=1S/C16H16N2O2/c19-16(15-8-11-20-17-15)18-9-6-14(7-10-18)12-13-4-2-1-3-5-13/h1-5,8,11-12H,6-7,9-10H2. The van der Waals surface area contributed by atoms with Crippen LogP contribution >= 0.6 is 0 Å². The van der Waals surface area contributed by atoms with Gasteiger partial charge >= 0.3 is 0 Å². The Kier molecular flexibility index (Phi) is 3.63. The Hall–Kier alpha value is -2.36. The van der Waals surface area contributed by atoms with E-state index in [1.807, 2.05) is 23.1 Å². The molecule has 1 aliphatic heterocycles. The van der Waals surface area contributed by atoms with E-state index < -0.39 is 0 Å². The topological polar surface area (TPSA) is 46.3 Å². The highest BCUT2D eigenvalue weighted by Gasteiger charge is 2.21. The molecule has 2 aromatic rings. The van der Waals surface area contributed by atoms with Crippen molar-refractivity contribution >= 4 is 12.0 Å². The molecular weight excluding hydrogens is 252 g/mol. The summed E-state index contributed by atoms with van der Waals surface area (Å²) in [5.41, 5.74) is 3.00. The molecule has 1 saturated heterocycles. The normalized spacial score (nSPS) is 15.2. The van der Waals surface area contributed by atoms with E-state index in [0.717, 1.165) is 25.9 Å². The lowest BCUT2D eigenvalue weighted by atomic mass is 10.0. The van der Waals surface area contributed by atoms with Crippen LogP contribution in [0.15, 0.2) is 52.8 Å². The van der Waals surface area contributed by atoms with Crippen molar-refractivity contribution in [3.8, 4) is 0 Å². The van der Waals surface area contributed by atoms with E-state index >= 15 is 0 Å². The van der Waals surface area contributed by atoms with Crippen LogP contribution in [0.3, 0.4) is 0 Å². The first-order valence-electron chi connectivity index (χ1n) is 6.77. The highest BCUT2D eigenvalue weighted by atomic mass is 16.5. The molecule has 0 spiro atoms. The van der Waals surface area contributed by atoms with Crippen LogP contribution in [-0.4, -0.2) is 29.1 Å². The maximum atomic E-state index is 12.1. The quantitative estimate of drug-likeness (QED) is 0.841. The average Bonchev–Trinajstić information content (AvgIpc) is 3.03. The van der Waals surface area contributed by atoms with Crippen molar-refractivity contribution in [2.24, 2.45) is 0 Å². The highest BCUT2D eigenvalue weighted by Crippen LogP contribution is 2.20. The number of hydrogen-bond acceptors (Lipinski definition) is 3. The molecule has 20 heavy (non-hydrogen) atoms. The maximum absolute atomic E-state index is 12.1. The molecule has 0 saturated carbocycles. The molecule has 0 aliphatic carbocycles. The number of carbonyl (C=O) groups excluding carboxylic acids is 1. The summed E-state index contributed by atoms with van der Waals surface area (Å²) in [6, 6.07) is 11.9. The molecule has 1 amide bonds. The Morgan fingerprint density at radius 1 is 1.15 bits per heavy atom. The fourth-order valence-corrected chi connectivity index (χ4v) is 2.41. The molecule has 1 aliphatic rings. The number of piperidine rings is 1. The second-order valence-electron chi connectivity index (χ2n) is 4.89. The first-order chi connectivity index (χ1) is 9.83. The third kappa shape index (κ3) is 2.79. The Morgan fingerprint density at radius 3 is 2.55 bits per heavy atom. The number of aromatic nitrogens is 1. The molecule has 4 nitrogen and oxygen atoms in total. The number of amides is 1. The highest BCUT2D eigenvalue weighted by molar-refractivity contribution is 5.92. The SMILES string of the molecule is O=C(c1ccon1)N1CCC(=Cc2ccccc2)CC1.